The summed E-state index contributed by atoms with van der Waals surface area (Å²) >= 11 is 1.33. The first kappa shape index (κ1) is 18.6. The van der Waals surface area contributed by atoms with E-state index in [1.807, 2.05) is 47.0 Å². The minimum Gasteiger partial charge on any atom is -0.467 e. The van der Waals surface area contributed by atoms with Crippen molar-refractivity contribution in [2.24, 2.45) is 5.73 Å². The quantitative estimate of drug-likeness (QED) is 0.616. The maximum Gasteiger partial charge on any atom is 0.235 e. The molecule has 0 aliphatic carbocycles. The van der Waals surface area contributed by atoms with Crippen LogP contribution in [-0.4, -0.2) is 33.8 Å². The molecule has 1 aliphatic rings. The fraction of sp³-hybridized carbons (Fsp3) is 0.350. The van der Waals surface area contributed by atoms with Crippen molar-refractivity contribution in [1.29, 1.82) is 0 Å². The Kier molecular flexibility index (Phi) is 5.66. The number of furan rings is 1. The maximum absolute atomic E-state index is 12.2. The highest BCUT2D eigenvalue weighted by atomic mass is 32.2. The lowest BCUT2D eigenvalue weighted by atomic mass is 10.1. The highest BCUT2D eigenvalue weighted by molar-refractivity contribution is 8.00. The lowest BCUT2D eigenvalue weighted by molar-refractivity contribution is -0.117. The number of carbonyl (C=O) groups excluding carboxylic acids is 1. The third-order valence-electron chi connectivity index (χ3n) is 4.81. The van der Waals surface area contributed by atoms with E-state index in [1.54, 1.807) is 6.26 Å². The van der Waals surface area contributed by atoms with Crippen LogP contribution in [0, 0.1) is 0 Å². The van der Waals surface area contributed by atoms with E-state index in [0.717, 1.165) is 43.2 Å². The highest BCUT2D eigenvalue weighted by Crippen LogP contribution is 2.36. The van der Waals surface area contributed by atoms with E-state index in [-0.39, 0.29) is 0 Å². The summed E-state index contributed by atoms with van der Waals surface area (Å²) < 4.78 is 7.57. The Morgan fingerprint density at radius 3 is 2.57 bits per heavy atom. The van der Waals surface area contributed by atoms with Gasteiger partial charge in [-0.2, -0.15) is 0 Å². The van der Waals surface area contributed by atoms with Crippen LogP contribution in [0.1, 0.15) is 35.8 Å². The van der Waals surface area contributed by atoms with Crippen molar-refractivity contribution in [2.75, 3.05) is 18.0 Å². The molecule has 0 saturated carbocycles. The summed E-state index contributed by atoms with van der Waals surface area (Å²) in [5.41, 5.74) is 6.56. The van der Waals surface area contributed by atoms with Crippen LogP contribution in [0.2, 0.25) is 0 Å². The Morgan fingerprint density at radius 2 is 1.89 bits per heavy atom. The number of hydrogen-bond donors (Lipinski definition) is 1. The lowest BCUT2D eigenvalue weighted by Gasteiger charge is -2.27. The zero-order chi connectivity index (χ0) is 19.3. The van der Waals surface area contributed by atoms with Gasteiger partial charge in [0, 0.05) is 13.1 Å². The molecule has 1 aromatic carbocycles. The Morgan fingerprint density at radius 1 is 1.11 bits per heavy atom. The van der Waals surface area contributed by atoms with E-state index >= 15 is 0 Å². The molecule has 1 fully saturated rings. The molecule has 0 bridgehead atoms. The van der Waals surface area contributed by atoms with Gasteiger partial charge in [0.05, 0.1) is 12.8 Å². The van der Waals surface area contributed by atoms with Crippen LogP contribution >= 0.6 is 11.8 Å². The number of rotatable bonds is 7. The van der Waals surface area contributed by atoms with Crippen molar-refractivity contribution in [3.05, 3.63) is 60.1 Å². The van der Waals surface area contributed by atoms with Crippen LogP contribution in [0.25, 0.3) is 0 Å². The topological polar surface area (TPSA) is 90.2 Å². The first-order chi connectivity index (χ1) is 13.7. The lowest BCUT2D eigenvalue weighted by Crippen LogP contribution is -2.32. The summed E-state index contributed by atoms with van der Waals surface area (Å²) in [4.78, 5) is 14.4. The Bertz CT molecular complexity index is 904. The molecule has 8 heteroatoms. The van der Waals surface area contributed by atoms with Crippen molar-refractivity contribution in [1.82, 2.24) is 14.8 Å². The molecule has 4 rings (SSSR count). The number of hydrogen-bond acceptors (Lipinski definition) is 6. The minimum atomic E-state index is -0.532. The molecule has 3 aromatic rings. The molecule has 2 N–H and O–H groups in total. The van der Waals surface area contributed by atoms with Gasteiger partial charge in [0.15, 0.2) is 5.16 Å². The number of anilines is 1. The van der Waals surface area contributed by atoms with Crippen LogP contribution in [0.5, 0.6) is 0 Å². The smallest absolute Gasteiger partial charge is 0.235 e. The molecule has 0 spiro atoms. The van der Waals surface area contributed by atoms with Crippen LogP contribution in [0.15, 0.2) is 58.3 Å². The predicted molar refractivity (Wildman–Crippen MR) is 108 cm³/mol. The monoisotopic (exact) mass is 397 g/mol. The number of aromatic nitrogens is 3. The summed E-state index contributed by atoms with van der Waals surface area (Å²) in [6.45, 7) is 2.42. The van der Waals surface area contributed by atoms with E-state index in [0.29, 0.717) is 11.7 Å². The number of piperidine rings is 1. The standard InChI is InChI=1S/C20H23N5O2S/c21-18(26)17(15-8-3-1-4-9-15)28-20-23-22-19(24-11-5-2-6-12-24)25(20)14-16-10-7-13-27-16/h1,3-4,7-10,13,17H,2,5-6,11-12,14H2,(H2,21,26). The van der Waals surface area contributed by atoms with E-state index in [2.05, 4.69) is 15.1 Å². The average molecular weight is 398 g/mol. The van der Waals surface area contributed by atoms with Crippen molar-refractivity contribution in [2.45, 2.75) is 36.2 Å². The van der Waals surface area contributed by atoms with Crippen LogP contribution in [0.3, 0.4) is 0 Å². The number of primary amides is 1. The van der Waals surface area contributed by atoms with Gasteiger partial charge >= 0.3 is 0 Å². The van der Waals surface area contributed by atoms with Gasteiger partial charge in [0.1, 0.15) is 11.0 Å². The number of benzene rings is 1. The summed E-state index contributed by atoms with van der Waals surface area (Å²) in [6, 6.07) is 13.3. The number of thioether (sulfide) groups is 1. The summed E-state index contributed by atoms with van der Waals surface area (Å²) in [5.74, 6) is 1.23. The minimum absolute atomic E-state index is 0.400. The van der Waals surface area contributed by atoms with Crippen LogP contribution in [-0.2, 0) is 11.3 Å². The van der Waals surface area contributed by atoms with E-state index in [4.69, 9.17) is 10.2 Å². The van der Waals surface area contributed by atoms with Crippen molar-refractivity contribution < 1.29 is 9.21 Å². The molecule has 2 aromatic heterocycles. The van der Waals surface area contributed by atoms with Gasteiger partial charge in [-0.15, -0.1) is 10.2 Å². The molecule has 28 heavy (non-hydrogen) atoms. The number of nitrogens with zero attached hydrogens (tertiary/aromatic N) is 4. The van der Waals surface area contributed by atoms with Crippen molar-refractivity contribution >= 4 is 23.6 Å². The first-order valence-corrected chi connectivity index (χ1v) is 10.3. The van der Waals surface area contributed by atoms with Gasteiger partial charge in [-0.05, 0) is 37.0 Å². The van der Waals surface area contributed by atoms with E-state index < -0.39 is 11.2 Å². The predicted octanol–water partition coefficient (Wildman–Crippen LogP) is 3.23. The summed E-state index contributed by atoms with van der Waals surface area (Å²) in [5, 5.41) is 8.98. The maximum atomic E-state index is 12.2. The Balaban J connectivity index is 1.67. The third-order valence-corrected chi connectivity index (χ3v) is 6.07. The normalized spacial score (nSPS) is 15.5. The van der Waals surface area contributed by atoms with Gasteiger partial charge in [0.2, 0.25) is 11.9 Å². The fourth-order valence-electron chi connectivity index (χ4n) is 3.42. The van der Waals surface area contributed by atoms with Gasteiger partial charge in [-0.3, -0.25) is 9.36 Å². The summed E-state index contributed by atoms with van der Waals surface area (Å²) in [7, 11) is 0. The largest absolute Gasteiger partial charge is 0.467 e. The molecule has 1 saturated heterocycles. The van der Waals surface area contributed by atoms with E-state index in [9.17, 15) is 4.79 Å². The second-order valence-corrected chi connectivity index (χ2v) is 7.88. The molecule has 0 radical (unpaired) electrons. The molecule has 1 atom stereocenters. The molecule has 7 nitrogen and oxygen atoms in total. The molecule has 3 heterocycles. The molecular weight excluding hydrogens is 374 g/mol. The number of nitrogens with two attached hydrogens (primary N) is 1. The molecule has 146 valence electrons. The Hall–Kier alpha value is -2.74. The van der Waals surface area contributed by atoms with Gasteiger partial charge in [-0.1, -0.05) is 42.1 Å². The highest BCUT2D eigenvalue weighted by Gasteiger charge is 2.26. The van der Waals surface area contributed by atoms with Crippen molar-refractivity contribution in [3.63, 3.8) is 0 Å². The zero-order valence-electron chi connectivity index (χ0n) is 15.5. The summed E-state index contributed by atoms with van der Waals surface area (Å²) in [6.07, 6.45) is 5.18. The van der Waals surface area contributed by atoms with E-state index in [1.165, 1.54) is 18.2 Å². The van der Waals surface area contributed by atoms with Crippen LogP contribution in [0.4, 0.5) is 5.95 Å². The number of amides is 1. The number of carbonyl (C=O) groups is 1. The van der Waals surface area contributed by atoms with Gasteiger partial charge in [-0.25, -0.2) is 0 Å². The second kappa shape index (κ2) is 8.52. The molecule has 1 unspecified atom stereocenters. The Labute approximate surface area is 167 Å². The first-order valence-electron chi connectivity index (χ1n) is 9.44. The molecule has 1 amide bonds. The second-order valence-electron chi connectivity index (χ2n) is 6.81. The zero-order valence-corrected chi connectivity index (χ0v) is 16.3. The third kappa shape index (κ3) is 4.06. The molecule has 1 aliphatic heterocycles. The molecular formula is C20H23N5O2S. The average Bonchev–Trinajstić information content (AvgIpc) is 3.38. The van der Waals surface area contributed by atoms with Gasteiger partial charge in [0.25, 0.3) is 0 Å². The fourth-order valence-corrected chi connectivity index (χ4v) is 4.40. The van der Waals surface area contributed by atoms with Gasteiger partial charge < -0.3 is 15.1 Å². The van der Waals surface area contributed by atoms with Crippen molar-refractivity contribution in [3.8, 4) is 0 Å². The van der Waals surface area contributed by atoms with Crippen LogP contribution < -0.4 is 10.6 Å². The SMILES string of the molecule is NC(=O)C(Sc1nnc(N2CCCCC2)n1Cc1ccco1)c1ccccc1.